The molecule has 1 aliphatic rings. The number of hydrogen-bond acceptors (Lipinski definition) is 2. The summed E-state index contributed by atoms with van der Waals surface area (Å²) in [5.74, 6) is -0.280. The highest BCUT2D eigenvalue weighted by atomic mass is 16.2. The third-order valence-corrected chi connectivity index (χ3v) is 2.68. The molecule has 0 saturated carbocycles. The van der Waals surface area contributed by atoms with Crippen LogP contribution in [-0.2, 0) is 9.59 Å². The molecule has 0 unspecified atom stereocenters. The number of carbonyl (C=O) groups excluding carboxylic acids is 2. The summed E-state index contributed by atoms with van der Waals surface area (Å²) in [4.78, 5) is 22.5. The number of amides is 2. The van der Waals surface area contributed by atoms with Crippen molar-refractivity contribution in [2.24, 2.45) is 0 Å². The average molecular weight is 218 g/mol. The summed E-state index contributed by atoms with van der Waals surface area (Å²) in [7, 11) is 0. The van der Waals surface area contributed by atoms with E-state index in [1.807, 2.05) is 30.3 Å². The third kappa shape index (κ3) is 2.21. The fourth-order valence-electron chi connectivity index (χ4n) is 1.95. The van der Waals surface area contributed by atoms with E-state index in [2.05, 4.69) is 10.6 Å². The van der Waals surface area contributed by atoms with Gasteiger partial charge >= 0.3 is 0 Å². The maximum atomic E-state index is 11.6. The van der Waals surface area contributed by atoms with E-state index in [0.29, 0.717) is 6.42 Å². The first-order chi connectivity index (χ1) is 7.66. The smallest absolute Gasteiger partial charge is 0.243 e. The molecule has 0 aromatic heterocycles. The summed E-state index contributed by atoms with van der Waals surface area (Å²) in [6.07, 6.45) is 0.614. The van der Waals surface area contributed by atoms with E-state index in [9.17, 15) is 9.59 Å². The molecule has 0 spiro atoms. The molecule has 4 nitrogen and oxygen atoms in total. The van der Waals surface area contributed by atoms with E-state index < -0.39 is 6.04 Å². The summed E-state index contributed by atoms with van der Waals surface area (Å²) >= 11 is 0. The molecular formula is C12H14N2O2. The predicted molar refractivity (Wildman–Crippen MR) is 59.5 cm³/mol. The SMILES string of the molecule is CC(=O)N[C@H]1C[C@@H](c2ccccc2)NC1=O. The summed E-state index contributed by atoms with van der Waals surface area (Å²) < 4.78 is 0. The van der Waals surface area contributed by atoms with Crippen molar-refractivity contribution >= 4 is 11.8 Å². The lowest BCUT2D eigenvalue weighted by Gasteiger charge is -2.09. The number of benzene rings is 1. The van der Waals surface area contributed by atoms with Crippen molar-refractivity contribution < 1.29 is 9.59 Å². The molecule has 2 rings (SSSR count). The van der Waals surface area contributed by atoms with Crippen molar-refractivity contribution in [2.45, 2.75) is 25.4 Å². The van der Waals surface area contributed by atoms with Crippen LogP contribution in [0.1, 0.15) is 24.9 Å². The van der Waals surface area contributed by atoms with Crippen LogP contribution >= 0.6 is 0 Å². The Kier molecular flexibility index (Phi) is 2.90. The molecule has 1 fully saturated rings. The quantitative estimate of drug-likeness (QED) is 0.769. The van der Waals surface area contributed by atoms with Gasteiger partial charge in [0.05, 0.1) is 6.04 Å². The Hall–Kier alpha value is -1.84. The minimum Gasteiger partial charge on any atom is -0.347 e. The molecule has 2 amide bonds. The van der Waals surface area contributed by atoms with Crippen LogP contribution in [0.4, 0.5) is 0 Å². The largest absolute Gasteiger partial charge is 0.347 e. The highest BCUT2D eigenvalue weighted by Gasteiger charge is 2.32. The van der Waals surface area contributed by atoms with Crippen molar-refractivity contribution in [1.82, 2.24) is 10.6 Å². The lowest BCUT2D eigenvalue weighted by atomic mass is 10.0. The summed E-state index contributed by atoms with van der Waals surface area (Å²) in [6.45, 7) is 1.42. The molecule has 0 bridgehead atoms. The van der Waals surface area contributed by atoms with Gasteiger partial charge in [-0.15, -0.1) is 0 Å². The van der Waals surface area contributed by atoms with Crippen LogP contribution in [0.5, 0.6) is 0 Å². The van der Waals surface area contributed by atoms with Gasteiger partial charge in [-0.3, -0.25) is 9.59 Å². The van der Waals surface area contributed by atoms with Crippen molar-refractivity contribution in [3.8, 4) is 0 Å². The number of nitrogens with one attached hydrogen (secondary N) is 2. The van der Waals surface area contributed by atoms with Gasteiger partial charge in [0.1, 0.15) is 6.04 Å². The minimum absolute atomic E-state index is 0.00514. The number of rotatable bonds is 2. The van der Waals surface area contributed by atoms with Crippen LogP contribution in [0.25, 0.3) is 0 Å². The number of hydrogen-bond donors (Lipinski definition) is 2. The second-order valence-corrected chi connectivity index (χ2v) is 3.96. The Balaban J connectivity index is 2.07. The van der Waals surface area contributed by atoms with E-state index in [1.54, 1.807) is 0 Å². The Labute approximate surface area is 94.0 Å². The summed E-state index contributed by atoms with van der Waals surface area (Å²) in [6, 6.07) is 9.36. The van der Waals surface area contributed by atoms with E-state index in [0.717, 1.165) is 5.56 Å². The zero-order valence-corrected chi connectivity index (χ0v) is 9.07. The molecule has 1 aromatic rings. The molecule has 0 radical (unpaired) electrons. The van der Waals surface area contributed by atoms with E-state index in [1.165, 1.54) is 6.92 Å². The van der Waals surface area contributed by atoms with E-state index in [4.69, 9.17) is 0 Å². The predicted octanol–water partition coefficient (Wildman–Crippen LogP) is 0.752. The first-order valence-corrected chi connectivity index (χ1v) is 5.29. The fraction of sp³-hybridized carbons (Fsp3) is 0.333. The van der Waals surface area contributed by atoms with Crippen LogP contribution in [0, 0.1) is 0 Å². The third-order valence-electron chi connectivity index (χ3n) is 2.68. The molecule has 1 heterocycles. The van der Waals surface area contributed by atoms with Gasteiger partial charge in [-0.1, -0.05) is 30.3 Å². The standard InChI is InChI=1S/C12H14N2O2/c1-8(15)13-11-7-10(14-12(11)16)9-5-3-2-4-6-9/h2-6,10-11H,7H2,1H3,(H,13,15)(H,14,16)/t10-,11-/m0/s1. The molecule has 4 heteroatoms. The van der Waals surface area contributed by atoms with Gasteiger partial charge in [0.15, 0.2) is 0 Å². The molecule has 2 atom stereocenters. The van der Waals surface area contributed by atoms with Crippen molar-refractivity contribution in [3.63, 3.8) is 0 Å². The Morgan fingerprint density at radius 3 is 2.69 bits per heavy atom. The molecule has 2 N–H and O–H groups in total. The second-order valence-electron chi connectivity index (χ2n) is 3.96. The molecule has 1 saturated heterocycles. The average Bonchev–Trinajstić information content (AvgIpc) is 2.61. The molecule has 16 heavy (non-hydrogen) atoms. The van der Waals surface area contributed by atoms with Crippen LogP contribution in [0.15, 0.2) is 30.3 Å². The van der Waals surface area contributed by atoms with Gasteiger partial charge in [0.2, 0.25) is 11.8 Å². The van der Waals surface area contributed by atoms with Crippen LogP contribution < -0.4 is 10.6 Å². The zero-order chi connectivity index (χ0) is 11.5. The van der Waals surface area contributed by atoms with Gasteiger partial charge in [-0.05, 0) is 5.56 Å². The van der Waals surface area contributed by atoms with Crippen molar-refractivity contribution in [1.29, 1.82) is 0 Å². The minimum atomic E-state index is -0.400. The van der Waals surface area contributed by atoms with Gasteiger partial charge in [-0.25, -0.2) is 0 Å². The van der Waals surface area contributed by atoms with E-state index in [-0.39, 0.29) is 17.9 Å². The highest BCUT2D eigenvalue weighted by Crippen LogP contribution is 2.23. The number of carbonyl (C=O) groups is 2. The molecular weight excluding hydrogens is 204 g/mol. The fourth-order valence-corrected chi connectivity index (χ4v) is 1.95. The van der Waals surface area contributed by atoms with Crippen molar-refractivity contribution in [2.75, 3.05) is 0 Å². The first-order valence-electron chi connectivity index (χ1n) is 5.29. The van der Waals surface area contributed by atoms with Crippen molar-refractivity contribution in [3.05, 3.63) is 35.9 Å². The van der Waals surface area contributed by atoms with Gasteiger partial charge in [0.25, 0.3) is 0 Å². The topological polar surface area (TPSA) is 58.2 Å². The Bertz CT molecular complexity index is 403. The normalized spacial score (nSPS) is 23.9. The second kappa shape index (κ2) is 4.35. The molecule has 0 aliphatic carbocycles. The Morgan fingerprint density at radius 2 is 2.06 bits per heavy atom. The molecule has 1 aromatic carbocycles. The summed E-state index contributed by atoms with van der Waals surface area (Å²) in [5, 5.41) is 5.51. The maximum absolute atomic E-state index is 11.6. The molecule has 84 valence electrons. The van der Waals surface area contributed by atoms with Crippen LogP contribution in [-0.4, -0.2) is 17.9 Å². The monoisotopic (exact) mass is 218 g/mol. The highest BCUT2D eigenvalue weighted by molar-refractivity contribution is 5.88. The maximum Gasteiger partial charge on any atom is 0.243 e. The van der Waals surface area contributed by atoms with Crippen LogP contribution in [0.2, 0.25) is 0 Å². The molecule has 1 aliphatic heterocycles. The first kappa shape index (κ1) is 10.7. The zero-order valence-electron chi connectivity index (χ0n) is 9.07. The van der Waals surface area contributed by atoms with Gasteiger partial charge in [-0.2, -0.15) is 0 Å². The van der Waals surface area contributed by atoms with E-state index >= 15 is 0 Å². The van der Waals surface area contributed by atoms with Gasteiger partial charge in [0, 0.05) is 13.3 Å². The Morgan fingerprint density at radius 1 is 1.38 bits per heavy atom. The lowest BCUT2D eigenvalue weighted by molar-refractivity contribution is -0.126. The van der Waals surface area contributed by atoms with Gasteiger partial charge < -0.3 is 10.6 Å². The van der Waals surface area contributed by atoms with Crippen LogP contribution in [0.3, 0.4) is 0 Å². The lowest BCUT2D eigenvalue weighted by Crippen LogP contribution is -2.38. The summed E-state index contributed by atoms with van der Waals surface area (Å²) in [5.41, 5.74) is 1.07.